The van der Waals surface area contributed by atoms with Crippen molar-refractivity contribution in [3.8, 4) is 22.5 Å². The summed E-state index contributed by atoms with van der Waals surface area (Å²) in [7, 11) is 0. The topological polar surface area (TPSA) is 13.1 Å². The summed E-state index contributed by atoms with van der Waals surface area (Å²) >= 11 is 7.29. The molecule has 10 aromatic rings. The molecule has 3 heterocycles. The van der Waals surface area contributed by atoms with Crippen molar-refractivity contribution in [1.82, 2.24) is 9.13 Å². The van der Waals surface area contributed by atoms with Gasteiger partial charge in [0.25, 0.3) is 0 Å². The van der Waals surface area contributed by atoms with E-state index in [1.807, 2.05) is 0 Å². The largest absolute Gasteiger partial charge is 0.309 e. The van der Waals surface area contributed by atoms with Crippen LogP contribution in [0.25, 0.3) is 66.1 Å². The average Bonchev–Trinajstić information content (AvgIpc) is 3.73. The molecule has 3 nitrogen and oxygen atoms in total. The van der Waals surface area contributed by atoms with E-state index >= 15 is 0 Å². The molecule has 0 fully saturated rings. The van der Waals surface area contributed by atoms with Gasteiger partial charge in [0.1, 0.15) is 0 Å². The van der Waals surface area contributed by atoms with Crippen LogP contribution in [0.1, 0.15) is 0 Å². The van der Waals surface area contributed by atoms with E-state index in [1.165, 1.54) is 54.5 Å². The van der Waals surface area contributed by atoms with E-state index in [9.17, 15) is 0 Å². The fourth-order valence-electron chi connectivity index (χ4n) is 8.59. The van der Waals surface area contributed by atoms with Crippen molar-refractivity contribution < 1.29 is 0 Å². The second-order valence-corrected chi connectivity index (χ2v) is 17.8. The van der Waals surface area contributed by atoms with Gasteiger partial charge in [0.15, 0.2) is 0 Å². The van der Waals surface area contributed by atoms with Gasteiger partial charge in [-0.1, -0.05) is 133 Å². The van der Waals surface area contributed by atoms with Gasteiger partial charge in [0.2, 0.25) is 0 Å². The third kappa shape index (κ3) is 4.37. The SMILES string of the molecule is S=P1(c2ccccc2)c2cc3c(cc2-c2cc4c5ccccc5n(-c5ccccc5)c4cc2N1c1ccccc1)c1ccccc1n3-c1ccccc1. The summed E-state index contributed by atoms with van der Waals surface area (Å²) in [4.78, 5) is 0. The number of hydrogen-bond acceptors (Lipinski definition) is 1. The van der Waals surface area contributed by atoms with E-state index in [0.29, 0.717) is 0 Å². The Labute approximate surface area is 312 Å². The molecular weight excluding hydrogens is 682 g/mol. The highest BCUT2D eigenvalue weighted by Crippen LogP contribution is 2.62. The third-order valence-electron chi connectivity index (χ3n) is 10.8. The number of rotatable bonds is 4. The van der Waals surface area contributed by atoms with E-state index < -0.39 is 6.19 Å². The molecule has 0 spiro atoms. The lowest BCUT2D eigenvalue weighted by Crippen LogP contribution is -2.33. The van der Waals surface area contributed by atoms with E-state index in [2.05, 4.69) is 208 Å². The molecule has 1 atom stereocenters. The Kier molecular flexibility index (Phi) is 6.70. The van der Waals surface area contributed by atoms with Gasteiger partial charge in [0.05, 0.1) is 33.9 Å². The van der Waals surface area contributed by atoms with E-state index in [-0.39, 0.29) is 0 Å². The normalized spacial score (nSPS) is 15.3. The number of nitrogens with zero attached hydrogens (tertiary/aromatic N) is 3. The predicted octanol–water partition coefficient (Wildman–Crippen LogP) is 12.0. The first-order valence-corrected chi connectivity index (χ1v) is 20.7. The minimum atomic E-state index is -2.73. The van der Waals surface area contributed by atoms with Gasteiger partial charge in [-0.25, -0.2) is 0 Å². The minimum absolute atomic E-state index is 1.09. The van der Waals surface area contributed by atoms with Crippen LogP contribution < -0.4 is 15.3 Å². The van der Waals surface area contributed by atoms with E-state index in [0.717, 1.165) is 33.6 Å². The zero-order valence-corrected chi connectivity index (χ0v) is 30.4. The van der Waals surface area contributed by atoms with Gasteiger partial charge < -0.3 is 13.8 Å². The summed E-state index contributed by atoms with van der Waals surface area (Å²) in [6, 6.07) is 70.3. The highest BCUT2D eigenvalue weighted by atomic mass is 32.4. The molecule has 0 N–H and O–H groups in total. The van der Waals surface area contributed by atoms with Crippen LogP contribution >= 0.6 is 6.19 Å². The molecule has 1 aliphatic rings. The molecule has 11 rings (SSSR count). The predicted molar refractivity (Wildman–Crippen MR) is 229 cm³/mol. The fraction of sp³-hybridized carbons (Fsp3) is 0. The van der Waals surface area contributed by atoms with E-state index in [4.69, 9.17) is 11.8 Å². The zero-order chi connectivity index (χ0) is 35.1. The number of aromatic nitrogens is 2. The lowest BCUT2D eigenvalue weighted by atomic mass is 9.97. The van der Waals surface area contributed by atoms with Gasteiger partial charge in [-0.2, -0.15) is 0 Å². The Morgan fingerprint density at radius 1 is 0.358 bits per heavy atom. The standard InChI is InChI=1S/C48H32N3PS/c53-52(36-23-11-4-12-24-36)48-32-46-40(38-26-14-16-28-44(38)50(46)34-19-7-2-8-20-34)30-42(48)41-29-39-37-25-13-15-27-43(37)49(33-17-5-1-6-18-33)45(39)31-47(41)51(52)35-21-9-3-10-22-35/h1-32H. The second-order valence-electron chi connectivity index (χ2n) is 13.7. The van der Waals surface area contributed by atoms with Crippen molar-refractivity contribution in [3.05, 3.63) is 194 Å². The van der Waals surface area contributed by atoms with Crippen LogP contribution in [0.15, 0.2) is 194 Å². The summed E-state index contributed by atoms with van der Waals surface area (Å²) in [5.41, 5.74) is 11.6. The van der Waals surface area contributed by atoms with Crippen molar-refractivity contribution in [2.24, 2.45) is 0 Å². The molecule has 0 radical (unpaired) electrons. The second kappa shape index (κ2) is 11.7. The first-order chi connectivity index (χ1) is 26.2. The molecule has 0 bridgehead atoms. The number of hydrogen-bond donors (Lipinski definition) is 0. The molecule has 0 saturated heterocycles. The number of fused-ring (bicyclic) bond motifs is 9. The third-order valence-corrected chi connectivity index (χ3v) is 15.6. The monoisotopic (exact) mass is 713 g/mol. The molecule has 2 aromatic heterocycles. The smallest absolute Gasteiger partial charge is 0.0980 e. The highest BCUT2D eigenvalue weighted by molar-refractivity contribution is 8.23. The summed E-state index contributed by atoms with van der Waals surface area (Å²) in [6.45, 7) is 0. The van der Waals surface area contributed by atoms with Crippen molar-refractivity contribution in [2.45, 2.75) is 0 Å². The van der Waals surface area contributed by atoms with Crippen molar-refractivity contribution >= 4 is 83.6 Å². The highest BCUT2D eigenvalue weighted by Gasteiger charge is 2.40. The summed E-state index contributed by atoms with van der Waals surface area (Å²) in [5, 5.41) is 7.28. The minimum Gasteiger partial charge on any atom is -0.309 e. The van der Waals surface area contributed by atoms with Crippen LogP contribution in [0.2, 0.25) is 0 Å². The van der Waals surface area contributed by atoms with Crippen molar-refractivity contribution in [2.75, 3.05) is 4.67 Å². The van der Waals surface area contributed by atoms with Gasteiger partial charge in [-0.3, -0.25) is 0 Å². The molecule has 1 unspecified atom stereocenters. The lowest BCUT2D eigenvalue weighted by Gasteiger charge is -2.43. The van der Waals surface area contributed by atoms with Crippen LogP contribution in [-0.2, 0) is 11.8 Å². The molecule has 0 amide bonds. The Hall–Kier alpha value is -6.19. The number of anilines is 2. The maximum atomic E-state index is 7.29. The van der Waals surface area contributed by atoms with Gasteiger partial charge in [-0.05, 0) is 78.4 Å². The van der Waals surface area contributed by atoms with Crippen LogP contribution in [0.5, 0.6) is 0 Å². The Balaban J connectivity index is 1.34. The van der Waals surface area contributed by atoms with Crippen molar-refractivity contribution in [3.63, 3.8) is 0 Å². The fourth-order valence-corrected chi connectivity index (χ4v) is 13.0. The molecule has 5 heteroatoms. The van der Waals surface area contributed by atoms with Crippen molar-refractivity contribution in [1.29, 1.82) is 0 Å². The van der Waals surface area contributed by atoms with Gasteiger partial charge in [-0.15, -0.1) is 0 Å². The van der Waals surface area contributed by atoms with Crippen LogP contribution in [-0.4, -0.2) is 9.13 Å². The quantitative estimate of drug-likeness (QED) is 0.168. The van der Waals surface area contributed by atoms with E-state index in [1.54, 1.807) is 0 Å². The Bertz CT molecular complexity index is 3080. The molecule has 250 valence electrons. The summed E-state index contributed by atoms with van der Waals surface area (Å²) in [5.74, 6) is 0. The summed E-state index contributed by atoms with van der Waals surface area (Å²) < 4.78 is 7.34. The molecule has 8 aromatic carbocycles. The molecule has 53 heavy (non-hydrogen) atoms. The molecule has 0 aliphatic carbocycles. The maximum Gasteiger partial charge on any atom is 0.0980 e. The average molecular weight is 714 g/mol. The first-order valence-electron chi connectivity index (χ1n) is 18.0. The van der Waals surface area contributed by atoms with Gasteiger partial charge >= 0.3 is 0 Å². The van der Waals surface area contributed by atoms with Crippen LogP contribution in [0.3, 0.4) is 0 Å². The maximum absolute atomic E-state index is 7.29. The molecular formula is C48H32N3PS. The molecule has 0 saturated carbocycles. The Morgan fingerprint density at radius 2 is 0.792 bits per heavy atom. The van der Waals surface area contributed by atoms with Crippen LogP contribution in [0.4, 0.5) is 11.4 Å². The number of para-hydroxylation sites is 5. The first kappa shape index (κ1) is 30.4. The van der Waals surface area contributed by atoms with Gasteiger partial charge in [0, 0.05) is 54.8 Å². The summed E-state index contributed by atoms with van der Waals surface area (Å²) in [6.07, 6.45) is -2.73. The zero-order valence-electron chi connectivity index (χ0n) is 28.7. The molecule has 1 aliphatic heterocycles. The number of benzene rings is 8. The lowest BCUT2D eigenvalue weighted by molar-refractivity contribution is 1.18. The van der Waals surface area contributed by atoms with Crippen LogP contribution in [0, 0.1) is 0 Å². The Morgan fingerprint density at radius 3 is 1.34 bits per heavy atom.